The van der Waals surface area contributed by atoms with Crippen LogP contribution in [0.1, 0.15) is 70.9 Å². The first-order valence-electron chi connectivity index (χ1n) is 11.1. The van der Waals surface area contributed by atoms with Crippen LogP contribution in [-0.4, -0.2) is 4.92 Å². The number of nitrogens with zero attached hydrogens (tertiary/aromatic N) is 1. The first kappa shape index (κ1) is 22.1. The van der Waals surface area contributed by atoms with Crippen molar-refractivity contribution in [3.63, 3.8) is 0 Å². The molecule has 0 amide bonds. The Morgan fingerprint density at radius 1 is 1.03 bits per heavy atom. The van der Waals surface area contributed by atoms with E-state index in [0.717, 1.165) is 5.92 Å². The van der Waals surface area contributed by atoms with Crippen molar-refractivity contribution in [2.75, 3.05) is 0 Å². The largest absolute Gasteiger partial charge is 0.456 e. The van der Waals surface area contributed by atoms with Gasteiger partial charge in [0.25, 0.3) is 5.69 Å². The summed E-state index contributed by atoms with van der Waals surface area (Å²) in [6.45, 7) is 11.4. The lowest BCUT2D eigenvalue weighted by atomic mass is 9.47. The Hall–Kier alpha value is -2.07. The molecule has 0 saturated heterocycles. The minimum atomic E-state index is -0.386. The maximum atomic E-state index is 11.0. The second-order valence-electron chi connectivity index (χ2n) is 11.2. The number of rotatable bonds is 4. The average Bonchev–Trinajstić information content (AvgIpc) is 2.60. The zero-order valence-corrected chi connectivity index (χ0v) is 19.9. The van der Waals surface area contributed by atoms with Gasteiger partial charge in [0.2, 0.25) is 0 Å². The van der Waals surface area contributed by atoms with Gasteiger partial charge in [-0.25, -0.2) is 0 Å². The molecule has 0 heterocycles. The Labute approximate surface area is 190 Å². The predicted octanol–water partition coefficient (Wildman–Crippen LogP) is 8.23. The molecule has 2 fully saturated rings. The summed E-state index contributed by atoms with van der Waals surface area (Å²) in [7, 11) is 0. The highest BCUT2D eigenvalue weighted by Crippen LogP contribution is 2.62. The molecule has 0 aromatic heterocycles. The van der Waals surface area contributed by atoms with Gasteiger partial charge in [-0.15, -0.1) is 0 Å². The third kappa shape index (κ3) is 4.32. The molecule has 2 saturated carbocycles. The average molecular weight is 442 g/mol. The van der Waals surface area contributed by atoms with Gasteiger partial charge < -0.3 is 4.74 Å². The highest BCUT2D eigenvalue weighted by molar-refractivity contribution is 6.32. The Bertz CT molecular complexity index is 1020. The van der Waals surface area contributed by atoms with Crippen LogP contribution < -0.4 is 4.74 Å². The van der Waals surface area contributed by atoms with E-state index in [0.29, 0.717) is 32.9 Å². The molecule has 166 valence electrons. The molecule has 2 aliphatic carbocycles. The van der Waals surface area contributed by atoms with Gasteiger partial charge in [-0.3, -0.25) is 10.1 Å². The maximum Gasteiger partial charge on any atom is 0.272 e. The van der Waals surface area contributed by atoms with Crippen molar-refractivity contribution in [3.8, 4) is 11.5 Å². The van der Waals surface area contributed by atoms with Crippen molar-refractivity contribution in [3.05, 3.63) is 62.7 Å². The number of nitro groups is 1. The van der Waals surface area contributed by atoms with Gasteiger partial charge in [-0.1, -0.05) is 45.4 Å². The molecule has 2 aromatic rings. The predicted molar refractivity (Wildman–Crippen MR) is 125 cm³/mol. The number of aryl methyl sites for hydroxylation is 1. The molecule has 31 heavy (non-hydrogen) atoms. The fourth-order valence-corrected chi connectivity index (χ4v) is 7.55. The number of hydrogen-bond acceptors (Lipinski definition) is 3. The Morgan fingerprint density at radius 3 is 2.23 bits per heavy atom. The summed E-state index contributed by atoms with van der Waals surface area (Å²) >= 11 is 6.66. The Morgan fingerprint density at radius 2 is 1.68 bits per heavy atom. The van der Waals surface area contributed by atoms with E-state index in [1.807, 2.05) is 6.07 Å². The Kier molecular flexibility index (Phi) is 5.36. The third-order valence-corrected chi connectivity index (χ3v) is 7.69. The molecule has 5 heteroatoms. The van der Waals surface area contributed by atoms with E-state index in [1.54, 1.807) is 19.1 Å². The molecular formula is C26H32ClNO3. The van der Waals surface area contributed by atoms with Gasteiger partial charge >= 0.3 is 0 Å². The van der Waals surface area contributed by atoms with E-state index >= 15 is 0 Å². The van der Waals surface area contributed by atoms with E-state index in [4.69, 9.17) is 16.3 Å². The lowest BCUT2D eigenvalue weighted by molar-refractivity contribution is -0.385. The van der Waals surface area contributed by atoms with Crippen LogP contribution in [0.2, 0.25) is 5.02 Å². The number of ether oxygens (including phenoxy) is 1. The quantitative estimate of drug-likeness (QED) is 0.354. The highest BCUT2D eigenvalue weighted by atomic mass is 35.5. The molecule has 4 rings (SSSR count). The fourth-order valence-electron chi connectivity index (χ4n) is 7.33. The second-order valence-corrected chi connectivity index (χ2v) is 11.6. The molecule has 4 nitrogen and oxygen atoms in total. The van der Waals surface area contributed by atoms with Crippen LogP contribution >= 0.6 is 11.6 Å². The lowest BCUT2D eigenvalue weighted by Crippen LogP contribution is -2.49. The number of benzene rings is 2. The molecule has 2 bridgehead atoms. The van der Waals surface area contributed by atoms with Crippen LogP contribution in [0.4, 0.5) is 5.69 Å². The molecule has 2 aromatic carbocycles. The fraction of sp³-hybridized carbons (Fsp3) is 0.538. The summed E-state index contributed by atoms with van der Waals surface area (Å²) in [5.41, 5.74) is 2.76. The summed E-state index contributed by atoms with van der Waals surface area (Å²) in [5, 5.41) is 11.6. The topological polar surface area (TPSA) is 52.4 Å². The van der Waals surface area contributed by atoms with Crippen LogP contribution in [0.3, 0.4) is 0 Å². The second kappa shape index (κ2) is 7.51. The molecular weight excluding hydrogens is 410 g/mol. The van der Waals surface area contributed by atoms with Crippen molar-refractivity contribution in [1.82, 2.24) is 0 Å². The number of halogens is 1. The van der Waals surface area contributed by atoms with E-state index in [9.17, 15) is 10.1 Å². The highest BCUT2D eigenvalue weighted by Gasteiger charge is 2.52. The smallest absolute Gasteiger partial charge is 0.272 e. The first-order chi connectivity index (χ1) is 14.4. The molecule has 0 spiro atoms. The van der Waals surface area contributed by atoms with E-state index < -0.39 is 0 Å². The minimum absolute atomic E-state index is 0.0841. The van der Waals surface area contributed by atoms with Crippen LogP contribution in [0.25, 0.3) is 0 Å². The maximum absolute atomic E-state index is 11.0. The van der Waals surface area contributed by atoms with E-state index in [-0.39, 0.29) is 16.0 Å². The summed E-state index contributed by atoms with van der Waals surface area (Å²) in [4.78, 5) is 10.7. The number of nitro benzene ring substituents is 1. The molecule has 2 atom stereocenters. The Balaban J connectivity index is 1.59. The van der Waals surface area contributed by atoms with Crippen LogP contribution in [0, 0.1) is 33.8 Å². The SMILES string of the molecule is Cc1cc(Oc2ccc(C3(C)CC4(C)CC(C)CC(C)(C4)C3)cc2Cl)ccc1[N+](=O)[O-]. The van der Waals surface area contributed by atoms with Crippen LogP contribution in [-0.2, 0) is 5.41 Å². The van der Waals surface area contributed by atoms with Gasteiger partial charge in [-0.2, -0.15) is 0 Å². The number of fused-ring (bicyclic) bond motifs is 2. The van der Waals surface area contributed by atoms with E-state index in [2.05, 4.69) is 39.8 Å². The normalized spacial score (nSPS) is 32.5. The number of hydrogen-bond donors (Lipinski definition) is 0. The molecule has 0 radical (unpaired) electrons. The summed E-state index contributed by atoms with van der Waals surface area (Å²) < 4.78 is 5.97. The van der Waals surface area contributed by atoms with Crippen molar-refractivity contribution < 1.29 is 9.66 Å². The zero-order chi connectivity index (χ0) is 22.6. The summed E-state index contributed by atoms with van der Waals surface area (Å²) in [6, 6.07) is 10.9. The van der Waals surface area contributed by atoms with Crippen LogP contribution in [0.5, 0.6) is 11.5 Å². The van der Waals surface area contributed by atoms with Crippen molar-refractivity contribution >= 4 is 17.3 Å². The first-order valence-corrected chi connectivity index (χ1v) is 11.5. The summed E-state index contributed by atoms with van der Waals surface area (Å²) in [5.74, 6) is 1.91. The standard InChI is InChI=1S/C26H32ClNO3/c1-17-12-24(3)14-25(4,13-17)16-26(5,15-24)19-6-9-23(21(27)11-19)31-20-7-8-22(28(29)30)18(2)10-20/h6-11,17H,12-16H2,1-5H3. The molecule has 0 aliphatic heterocycles. The molecule has 2 unspecified atom stereocenters. The van der Waals surface area contributed by atoms with Crippen LogP contribution in [0.15, 0.2) is 36.4 Å². The van der Waals surface area contributed by atoms with Gasteiger partial charge in [0.15, 0.2) is 0 Å². The van der Waals surface area contributed by atoms with Crippen molar-refractivity contribution in [2.45, 2.75) is 72.1 Å². The zero-order valence-electron chi connectivity index (χ0n) is 19.1. The molecule has 2 aliphatic rings. The van der Waals surface area contributed by atoms with Crippen molar-refractivity contribution in [1.29, 1.82) is 0 Å². The van der Waals surface area contributed by atoms with E-state index in [1.165, 1.54) is 43.7 Å². The monoisotopic (exact) mass is 441 g/mol. The van der Waals surface area contributed by atoms with Gasteiger partial charge in [0, 0.05) is 11.6 Å². The van der Waals surface area contributed by atoms with Gasteiger partial charge in [-0.05, 0) is 91.0 Å². The minimum Gasteiger partial charge on any atom is -0.456 e. The van der Waals surface area contributed by atoms with Gasteiger partial charge in [0.05, 0.1) is 9.95 Å². The summed E-state index contributed by atoms with van der Waals surface area (Å²) in [6.07, 6.45) is 6.27. The molecule has 0 N–H and O–H groups in total. The van der Waals surface area contributed by atoms with Gasteiger partial charge in [0.1, 0.15) is 11.5 Å². The lowest BCUT2D eigenvalue weighted by Gasteiger charge is -2.58. The van der Waals surface area contributed by atoms with Crippen molar-refractivity contribution in [2.24, 2.45) is 16.7 Å². The third-order valence-electron chi connectivity index (χ3n) is 7.39.